The van der Waals surface area contributed by atoms with Crippen molar-refractivity contribution < 1.29 is 4.57 Å². The number of imidazole rings is 1. The van der Waals surface area contributed by atoms with Gasteiger partial charge in [0.05, 0.1) is 13.1 Å². The minimum atomic E-state index is 1.23. The molecule has 0 amide bonds. The molecule has 0 radical (unpaired) electrons. The van der Waals surface area contributed by atoms with Gasteiger partial charge < -0.3 is 0 Å². The smallest absolute Gasteiger partial charge is 0.234 e. The van der Waals surface area contributed by atoms with Crippen LogP contribution in [0.1, 0.15) is 277 Å². The molecule has 1 rings (SSSR count). The van der Waals surface area contributed by atoms with Crippen LogP contribution < -0.4 is 4.57 Å². The van der Waals surface area contributed by atoms with Gasteiger partial charge in [-0.05, 0) is 32.1 Å². The van der Waals surface area contributed by atoms with E-state index in [1.54, 1.807) is 5.82 Å². The zero-order valence-corrected chi connectivity index (χ0v) is 35.2. The Kier molecular flexibility index (Phi) is 37.2. The van der Waals surface area contributed by atoms with Crippen molar-refractivity contribution >= 4 is 0 Å². The summed E-state index contributed by atoms with van der Waals surface area (Å²) in [5.41, 5.74) is 0. The number of hydrogen-bond donors (Lipinski definition) is 0. The van der Waals surface area contributed by atoms with Crippen LogP contribution in [-0.4, -0.2) is 4.57 Å². The molecule has 2 nitrogen and oxygen atoms in total. The van der Waals surface area contributed by atoms with E-state index in [0.29, 0.717) is 0 Å². The third-order valence-electron chi connectivity index (χ3n) is 11.6. The Bertz CT molecular complexity index is 766. The quantitative estimate of drug-likeness (QED) is 0.0474. The van der Waals surface area contributed by atoms with Gasteiger partial charge in [0.2, 0.25) is 0 Å². The Morgan fingerprint density at radius 3 is 0.960 bits per heavy atom. The van der Waals surface area contributed by atoms with Gasteiger partial charge in [-0.25, -0.2) is 9.13 Å². The van der Waals surface area contributed by atoms with Crippen molar-refractivity contribution in [2.75, 3.05) is 0 Å². The van der Waals surface area contributed by atoms with Crippen molar-refractivity contribution in [3.05, 3.63) is 18.2 Å². The Labute approximate surface area is 317 Å². The highest BCUT2D eigenvalue weighted by molar-refractivity contribution is 4.84. The molecule has 0 spiro atoms. The fourth-order valence-electron chi connectivity index (χ4n) is 8.09. The number of nitrogens with zero attached hydrogens (tertiary/aromatic N) is 2. The number of hydrogen-bond acceptors (Lipinski definition) is 0. The van der Waals surface area contributed by atoms with E-state index in [1.807, 2.05) is 0 Å². The first kappa shape index (κ1) is 47.2. The molecule has 1 heterocycles. The molecule has 0 aliphatic carbocycles. The molecule has 50 heavy (non-hydrogen) atoms. The molecule has 296 valence electrons. The molecular formula is C48H95N2+. The number of rotatable bonds is 42. The van der Waals surface area contributed by atoms with E-state index >= 15 is 0 Å². The lowest BCUT2D eigenvalue weighted by Gasteiger charge is -2.07. The third kappa shape index (κ3) is 30.8. The van der Waals surface area contributed by atoms with E-state index < -0.39 is 0 Å². The maximum Gasteiger partial charge on any atom is 0.256 e. The van der Waals surface area contributed by atoms with Crippen LogP contribution in [0.2, 0.25) is 0 Å². The highest BCUT2D eigenvalue weighted by Crippen LogP contribution is 2.17. The van der Waals surface area contributed by atoms with Gasteiger partial charge in [-0.15, -0.1) is 0 Å². The second-order valence-corrected chi connectivity index (χ2v) is 16.6. The van der Waals surface area contributed by atoms with Crippen molar-refractivity contribution in [3.63, 3.8) is 0 Å². The fraction of sp³-hybridized carbons (Fsp3) is 0.938. The fourth-order valence-corrected chi connectivity index (χ4v) is 8.09. The van der Waals surface area contributed by atoms with Gasteiger partial charge in [0.15, 0.2) is 0 Å². The third-order valence-corrected chi connectivity index (χ3v) is 11.6. The lowest BCUT2D eigenvalue weighted by atomic mass is 10.0. The summed E-state index contributed by atoms with van der Waals surface area (Å²) < 4.78 is 5.30. The van der Waals surface area contributed by atoms with Crippen molar-refractivity contribution in [2.24, 2.45) is 0 Å². The second kappa shape index (κ2) is 39.4. The molecule has 0 unspecified atom stereocenters. The number of unbranched alkanes of at least 4 members (excludes halogenated alkanes) is 36. The van der Waals surface area contributed by atoms with Gasteiger partial charge in [-0.3, -0.25) is 0 Å². The summed E-state index contributed by atoms with van der Waals surface area (Å²) in [5.74, 6) is 1.63. The van der Waals surface area contributed by atoms with Gasteiger partial charge in [0.25, 0.3) is 5.82 Å². The van der Waals surface area contributed by atoms with Crippen LogP contribution in [0.4, 0.5) is 0 Å². The summed E-state index contributed by atoms with van der Waals surface area (Å²) in [4.78, 5) is 0. The second-order valence-electron chi connectivity index (χ2n) is 16.6. The topological polar surface area (TPSA) is 8.81 Å². The van der Waals surface area contributed by atoms with Crippen LogP contribution in [0.25, 0.3) is 0 Å². The molecule has 0 saturated heterocycles. The summed E-state index contributed by atoms with van der Waals surface area (Å²) in [7, 11) is 0. The monoisotopic (exact) mass is 700 g/mol. The van der Waals surface area contributed by atoms with Crippen LogP contribution in [0.3, 0.4) is 0 Å². The van der Waals surface area contributed by atoms with Crippen LogP contribution in [0.15, 0.2) is 12.4 Å². The number of aryl methyl sites for hydroxylation is 2. The summed E-state index contributed by atoms with van der Waals surface area (Å²) in [6.07, 6.45) is 62.3. The summed E-state index contributed by atoms with van der Waals surface area (Å²) in [6.45, 7) is 9.41. The maximum atomic E-state index is 2.65. The summed E-state index contributed by atoms with van der Waals surface area (Å²) in [6, 6.07) is 0. The van der Waals surface area contributed by atoms with Gasteiger partial charge >= 0.3 is 0 Å². The maximum absolute atomic E-state index is 2.65. The highest BCUT2D eigenvalue weighted by atomic mass is 15.1. The Morgan fingerprint density at radius 2 is 0.620 bits per heavy atom. The predicted molar refractivity (Wildman–Crippen MR) is 225 cm³/mol. The molecule has 0 aliphatic rings. The van der Waals surface area contributed by atoms with Crippen LogP contribution in [0, 0.1) is 0 Å². The first-order valence-electron chi connectivity index (χ1n) is 23.9. The first-order valence-corrected chi connectivity index (χ1v) is 23.9. The zero-order chi connectivity index (χ0) is 35.8. The molecule has 1 aromatic rings. The molecule has 1 aromatic heterocycles. The molecule has 0 aliphatic heterocycles. The van der Waals surface area contributed by atoms with Crippen LogP contribution in [0.5, 0.6) is 0 Å². The van der Waals surface area contributed by atoms with Crippen molar-refractivity contribution in [1.82, 2.24) is 4.57 Å². The number of aromatic nitrogens is 2. The summed E-state index contributed by atoms with van der Waals surface area (Å²) >= 11 is 0. The normalized spacial score (nSPS) is 11.7. The average Bonchev–Trinajstić information content (AvgIpc) is 3.51. The van der Waals surface area contributed by atoms with Crippen molar-refractivity contribution in [1.29, 1.82) is 0 Å². The Hall–Kier alpha value is -0.790. The van der Waals surface area contributed by atoms with Crippen molar-refractivity contribution in [3.8, 4) is 0 Å². The highest BCUT2D eigenvalue weighted by Gasteiger charge is 2.16. The summed E-state index contributed by atoms with van der Waals surface area (Å²) in [5, 5.41) is 0. The van der Waals surface area contributed by atoms with E-state index in [-0.39, 0.29) is 0 Å². The predicted octanol–water partition coefficient (Wildman–Crippen LogP) is 16.6. The molecule has 0 fully saturated rings. The Morgan fingerprint density at radius 1 is 0.340 bits per heavy atom. The SMILES string of the molecule is CCCCCCCCCCCCCCCCCc1n(CCCCCCCCCCC)cc[n+]1CCCCCCCCCCCCCCCCC. The van der Waals surface area contributed by atoms with E-state index in [4.69, 9.17) is 0 Å². The van der Waals surface area contributed by atoms with E-state index in [0.717, 1.165) is 0 Å². The molecule has 0 atom stereocenters. The standard InChI is InChI=1S/C48H95N2/c1-4-7-10-13-16-19-21-23-25-27-29-31-34-37-40-43-48-49(44-41-38-35-32-18-15-12-9-6-3)46-47-50(48)45-42-39-36-33-30-28-26-24-22-20-17-14-11-8-5-2/h46-47H,4-45H2,1-3H3/q+1. The lowest BCUT2D eigenvalue weighted by molar-refractivity contribution is -0.704. The van der Waals surface area contributed by atoms with Gasteiger partial charge in [-0.1, -0.05) is 239 Å². The molecular weight excluding hydrogens is 605 g/mol. The van der Waals surface area contributed by atoms with Gasteiger partial charge in [-0.2, -0.15) is 0 Å². The lowest BCUT2D eigenvalue weighted by Crippen LogP contribution is -2.37. The van der Waals surface area contributed by atoms with Crippen molar-refractivity contribution in [2.45, 2.75) is 291 Å². The zero-order valence-electron chi connectivity index (χ0n) is 35.2. The molecule has 0 N–H and O–H groups in total. The largest absolute Gasteiger partial charge is 0.256 e. The molecule has 0 bridgehead atoms. The minimum absolute atomic E-state index is 1.23. The van der Waals surface area contributed by atoms with E-state index in [1.165, 1.54) is 270 Å². The molecule has 0 saturated carbocycles. The van der Waals surface area contributed by atoms with E-state index in [9.17, 15) is 0 Å². The van der Waals surface area contributed by atoms with Crippen LogP contribution >= 0.6 is 0 Å². The Balaban J connectivity index is 2.24. The van der Waals surface area contributed by atoms with Gasteiger partial charge in [0, 0.05) is 6.42 Å². The minimum Gasteiger partial charge on any atom is -0.234 e. The van der Waals surface area contributed by atoms with E-state index in [2.05, 4.69) is 42.3 Å². The first-order chi connectivity index (χ1) is 24.8. The average molecular weight is 700 g/mol. The molecule has 0 aromatic carbocycles. The van der Waals surface area contributed by atoms with Crippen LogP contribution in [-0.2, 0) is 19.5 Å². The van der Waals surface area contributed by atoms with Gasteiger partial charge in [0.1, 0.15) is 12.4 Å². The molecule has 2 heteroatoms.